The van der Waals surface area contributed by atoms with Crippen molar-refractivity contribution in [2.75, 3.05) is 0 Å². The smallest absolute Gasteiger partial charge is 0.117 e. The predicted molar refractivity (Wildman–Crippen MR) is 83.9 cm³/mol. The third-order valence-corrected chi connectivity index (χ3v) is 3.95. The molecule has 3 nitrogen and oxygen atoms in total. The summed E-state index contributed by atoms with van der Waals surface area (Å²) >= 11 is 0. The molecule has 0 amide bonds. The van der Waals surface area contributed by atoms with Crippen LogP contribution in [0, 0.1) is 20.8 Å². The van der Waals surface area contributed by atoms with Crippen LogP contribution in [-0.2, 0) is 0 Å². The van der Waals surface area contributed by atoms with E-state index in [1.807, 2.05) is 45.0 Å². The zero-order valence-corrected chi connectivity index (χ0v) is 11.8. The van der Waals surface area contributed by atoms with Crippen LogP contribution in [0.25, 0.3) is 16.7 Å². The number of fused-ring (bicyclic) bond motifs is 1. The van der Waals surface area contributed by atoms with Gasteiger partial charge in [0.2, 0.25) is 0 Å². The molecular weight excluding hydrogens is 244 g/mol. The predicted octanol–water partition coefficient (Wildman–Crippen LogP) is 0.933. The van der Waals surface area contributed by atoms with Crippen LogP contribution < -0.4 is 10.9 Å². The summed E-state index contributed by atoms with van der Waals surface area (Å²) in [5.74, 6) is 0. The maximum atomic E-state index is 6.29. The van der Waals surface area contributed by atoms with Crippen molar-refractivity contribution in [2.24, 2.45) is 0 Å². The number of hydrogen-bond acceptors (Lipinski definition) is 2. The Hall–Kier alpha value is -2.03. The van der Waals surface area contributed by atoms with E-state index in [4.69, 9.17) is 15.7 Å². The topological polar surface area (TPSA) is 30.7 Å². The largest absolute Gasteiger partial charge is 0.213 e. The Balaban J connectivity index is 2.41. The van der Waals surface area contributed by atoms with Crippen molar-refractivity contribution in [3.05, 3.63) is 41.0 Å². The number of aromatic nitrogens is 3. The van der Waals surface area contributed by atoms with Gasteiger partial charge in [-0.15, -0.1) is 5.10 Å². The van der Waals surface area contributed by atoms with Crippen molar-refractivity contribution in [1.29, 1.82) is 0 Å². The third-order valence-electron chi connectivity index (χ3n) is 3.95. The van der Waals surface area contributed by atoms with Gasteiger partial charge in [0.25, 0.3) is 0 Å². The average Bonchev–Trinajstić information content (AvgIpc) is 2.87. The second kappa shape index (κ2) is 4.51. The highest BCUT2D eigenvalue weighted by atomic mass is 15.4. The van der Waals surface area contributed by atoms with Gasteiger partial charge in [0.15, 0.2) is 0 Å². The number of nitrogens with zero attached hydrogens (tertiary/aromatic N) is 3. The van der Waals surface area contributed by atoms with E-state index in [0.29, 0.717) is 5.46 Å². The van der Waals surface area contributed by atoms with Crippen LogP contribution in [0.3, 0.4) is 0 Å². The molecule has 0 saturated heterocycles. The first kappa shape index (κ1) is 13.0. The lowest BCUT2D eigenvalue weighted by Gasteiger charge is -2.19. The lowest BCUT2D eigenvalue weighted by atomic mass is 9.76. The molecule has 20 heavy (non-hydrogen) atoms. The molecule has 1 aromatic heterocycles. The summed E-state index contributed by atoms with van der Waals surface area (Å²) in [6.07, 6.45) is 0. The molecule has 0 atom stereocenters. The number of benzene rings is 2. The molecule has 0 N–H and O–H groups in total. The standard InChI is InChI=1S/C15H13B2N3/c1-8-9(2)14(17)15(10(3)13(8)16)20-12-7-5-4-6-11(12)18-19-20/h4-7H,1-3H3. The summed E-state index contributed by atoms with van der Waals surface area (Å²) in [6.45, 7) is 5.92. The van der Waals surface area contributed by atoms with Gasteiger partial charge in [-0.3, -0.25) is 0 Å². The first-order valence-electron chi connectivity index (χ1n) is 6.48. The van der Waals surface area contributed by atoms with Gasteiger partial charge in [-0.05, 0) is 38.5 Å². The molecule has 0 unspecified atom stereocenters. The fraction of sp³-hybridized carbons (Fsp3) is 0.200. The molecule has 1 heterocycles. The second-order valence-corrected chi connectivity index (χ2v) is 5.04. The lowest BCUT2D eigenvalue weighted by molar-refractivity contribution is 0.822. The van der Waals surface area contributed by atoms with Gasteiger partial charge in [-0.2, -0.15) is 0 Å². The summed E-state index contributed by atoms with van der Waals surface area (Å²) in [4.78, 5) is 0. The SMILES string of the molecule is [B]c1c(C)c(C)c([B])c(-n2nnc3ccccc32)c1C. The van der Waals surface area contributed by atoms with E-state index in [0.717, 1.165) is 38.9 Å². The molecular formula is C15H13B2N3. The Kier molecular flexibility index (Phi) is 2.93. The fourth-order valence-electron chi connectivity index (χ4n) is 2.50. The lowest BCUT2D eigenvalue weighted by Crippen LogP contribution is -2.28. The van der Waals surface area contributed by atoms with Gasteiger partial charge >= 0.3 is 0 Å². The van der Waals surface area contributed by atoms with Crippen molar-refractivity contribution >= 4 is 37.7 Å². The monoisotopic (exact) mass is 257 g/mol. The van der Waals surface area contributed by atoms with Crippen LogP contribution in [0.5, 0.6) is 0 Å². The van der Waals surface area contributed by atoms with E-state index < -0.39 is 0 Å². The quantitative estimate of drug-likeness (QED) is 0.607. The highest BCUT2D eigenvalue weighted by molar-refractivity contribution is 6.40. The van der Waals surface area contributed by atoms with Gasteiger partial charge in [-0.1, -0.05) is 39.4 Å². The Bertz CT molecular complexity index is 792. The zero-order chi connectivity index (χ0) is 14.4. The van der Waals surface area contributed by atoms with Crippen LogP contribution in [0.1, 0.15) is 16.7 Å². The van der Waals surface area contributed by atoms with Gasteiger partial charge in [0, 0.05) is 0 Å². The zero-order valence-electron chi connectivity index (χ0n) is 11.8. The molecule has 0 aliphatic heterocycles. The van der Waals surface area contributed by atoms with Crippen LogP contribution in [0.4, 0.5) is 0 Å². The molecule has 5 heteroatoms. The molecule has 0 aliphatic carbocycles. The van der Waals surface area contributed by atoms with Crippen molar-refractivity contribution in [1.82, 2.24) is 15.0 Å². The minimum atomic E-state index is 0.699. The van der Waals surface area contributed by atoms with Gasteiger partial charge in [-0.25, -0.2) is 4.68 Å². The maximum absolute atomic E-state index is 6.29. The molecule has 0 aliphatic rings. The van der Waals surface area contributed by atoms with E-state index in [1.54, 1.807) is 4.68 Å². The number of para-hydroxylation sites is 1. The molecule has 3 rings (SSSR count). The summed E-state index contributed by atoms with van der Waals surface area (Å²) in [5, 5.41) is 8.41. The molecule has 94 valence electrons. The third kappa shape index (κ3) is 1.69. The molecule has 0 fully saturated rings. The molecule has 2 aromatic carbocycles. The Labute approximate surface area is 120 Å². The van der Waals surface area contributed by atoms with E-state index in [9.17, 15) is 0 Å². The van der Waals surface area contributed by atoms with Crippen molar-refractivity contribution in [2.45, 2.75) is 20.8 Å². The van der Waals surface area contributed by atoms with E-state index in [1.165, 1.54) is 0 Å². The average molecular weight is 257 g/mol. The van der Waals surface area contributed by atoms with Crippen molar-refractivity contribution in [3.8, 4) is 5.69 Å². The second-order valence-electron chi connectivity index (χ2n) is 5.04. The summed E-state index contributed by atoms with van der Waals surface area (Å²) in [5.41, 5.74) is 6.97. The van der Waals surface area contributed by atoms with Crippen LogP contribution >= 0.6 is 0 Å². The molecule has 0 saturated carbocycles. The van der Waals surface area contributed by atoms with Crippen molar-refractivity contribution in [3.63, 3.8) is 0 Å². The molecule has 0 spiro atoms. The number of hydrogen-bond donors (Lipinski definition) is 0. The Morgan fingerprint density at radius 1 is 0.900 bits per heavy atom. The van der Waals surface area contributed by atoms with Crippen LogP contribution in [-0.4, -0.2) is 30.7 Å². The molecule has 0 bridgehead atoms. The summed E-state index contributed by atoms with van der Waals surface area (Å²) in [7, 11) is 12.5. The normalized spacial score (nSPS) is 11.2. The Morgan fingerprint density at radius 3 is 2.30 bits per heavy atom. The summed E-state index contributed by atoms with van der Waals surface area (Å²) < 4.78 is 1.77. The first-order chi connectivity index (χ1) is 9.52. The molecule has 4 radical (unpaired) electrons. The Morgan fingerprint density at radius 2 is 1.55 bits per heavy atom. The van der Waals surface area contributed by atoms with E-state index >= 15 is 0 Å². The van der Waals surface area contributed by atoms with Gasteiger partial charge in [0.05, 0.1) is 11.2 Å². The van der Waals surface area contributed by atoms with E-state index in [-0.39, 0.29) is 0 Å². The minimum Gasteiger partial charge on any atom is -0.213 e. The minimum absolute atomic E-state index is 0.699. The highest BCUT2D eigenvalue weighted by Gasteiger charge is 2.15. The van der Waals surface area contributed by atoms with Crippen molar-refractivity contribution < 1.29 is 0 Å². The van der Waals surface area contributed by atoms with Gasteiger partial charge < -0.3 is 0 Å². The first-order valence-corrected chi connectivity index (χ1v) is 6.48. The maximum Gasteiger partial charge on any atom is 0.117 e. The highest BCUT2D eigenvalue weighted by Crippen LogP contribution is 2.18. The van der Waals surface area contributed by atoms with E-state index in [2.05, 4.69) is 10.3 Å². The summed E-state index contributed by atoms with van der Waals surface area (Å²) in [6, 6.07) is 7.79. The van der Waals surface area contributed by atoms with Crippen LogP contribution in [0.2, 0.25) is 0 Å². The number of rotatable bonds is 1. The van der Waals surface area contributed by atoms with Crippen LogP contribution in [0.15, 0.2) is 24.3 Å². The van der Waals surface area contributed by atoms with Gasteiger partial charge in [0.1, 0.15) is 21.2 Å². The fourth-order valence-corrected chi connectivity index (χ4v) is 2.50. The molecule has 3 aromatic rings.